The molecule has 0 spiro atoms. The number of aromatic nitrogens is 1. The van der Waals surface area contributed by atoms with Crippen molar-refractivity contribution in [1.29, 1.82) is 0 Å². The minimum absolute atomic E-state index is 0.647. The van der Waals surface area contributed by atoms with Crippen molar-refractivity contribution in [1.82, 2.24) is 4.98 Å². The molecule has 0 bridgehead atoms. The molecule has 72 valence electrons. The number of hydrogen-bond acceptors (Lipinski definition) is 2. The van der Waals surface area contributed by atoms with Crippen molar-refractivity contribution in [2.75, 3.05) is 5.73 Å². The molecule has 0 aliphatic rings. The van der Waals surface area contributed by atoms with E-state index in [-0.39, 0.29) is 0 Å². The van der Waals surface area contributed by atoms with Crippen molar-refractivity contribution in [2.24, 2.45) is 0 Å². The Kier molecular flexibility index (Phi) is 2.38. The summed E-state index contributed by atoms with van der Waals surface area (Å²) in [5.41, 5.74) is 9.13. The molecule has 0 aliphatic carbocycles. The second-order valence-electron chi connectivity index (χ2n) is 3.20. The topological polar surface area (TPSA) is 38.9 Å². The maximum absolute atomic E-state index is 5.61. The number of terminal acetylenes is 1. The van der Waals surface area contributed by atoms with Crippen LogP contribution in [0.2, 0.25) is 0 Å². The van der Waals surface area contributed by atoms with Crippen LogP contribution in [-0.4, -0.2) is 4.98 Å². The molecule has 2 aromatic rings. The first-order valence-electron chi connectivity index (χ1n) is 4.58. The first-order chi connectivity index (χ1) is 7.29. The van der Waals surface area contributed by atoms with Gasteiger partial charge in [0.25, 0.3) is 0 Å². The molecule has 0 saturated heterocycles. The molecule has 1 aromatic heterocycles. The summed E-state index contributed by atoms with van der Waals surface area (Å²) in [7, 11) is 0. The van der Waals surface area contributed by atoms with Crippen molar-refractivity contribution in [3.63, 3.8) is 0 Å². The van der Waals surface area contributed by atoms with E-state index in [1.807, 2.05) is 36.4 Å². The van der Waals surface area contributed by atoms with E-state index in [0.29, 0.717) is 5.69 Å². The highest BCUT2D eigenvalue weighted by Crippen LogP contribution is 2.19. The fourth-order valence-corrected chi connectivity index (χ4v) is 1.33. The van der Waals surface area contributed by atoms with Gasteiger partial charge in [0.1, 0.15) is 5.69 Å². The lowest BCUT2D eigenvalue weighted by Crippen LogP contribution is -1.86. The molecular weight excluding hydrogens is 184 g/mol. The molecule has 2 N–H and O–H groups in total. The van der Waals surface area contributed by atoms with Crippen molar-refractivity contribution in [2.45, 2.75) is 0 Å². The zero-order valence-corrected chi connectivity index (χ0v) is 8.14. The monoisotopic (exact) mass is 194 g/mol. The molecule has 2 heteroatoms. The van der Waals surface area contributed by atoms with Gasteiger partial charge in [-0.2, -0.15) is 0 Å². The number of pyridine rings is 1. The molecule has 1 heterocycles. The lowest BCUT2D eigenvalue weighted by atomic mass is 10.1. The van der Waals surface area contributed by atoms with Gasteiger partial charge in [0.15, 0.2) is 0 Å². The quantitative estimate of drug-likeness (QED) is 0.559. The number of benzene rings is 1. The maximum Gasteiger partial charge on any atom is 0.112 e. The molecule has 0 atom stereocenters. The minimum Gasteiger partial charge on any atom is -0.399 e. The van der Waals surface area contributed by atoms with E-state index < -0.39 is 0 Å². The molecule has 0 radical (unpaired) electrons. The Morgan fingerprint density at radius 3 is 2.20 bits per heavy atom. The Bertz CT molecular complexity index is 490. The smallest absolute Gasteiger partial charge is 0.112 e. The maximum atomic E-state index is 5.61. The highest BCUT2D eigenvalue weighted by atomic mass is 14.7. The molecular formula is C13H10N2. The van der Waals surface area contributed by atoms with Crippen LogP contribution in [0.15, 0.2) is 42.6 Å². The predicted octanol–water partition coefficient (Wildman–Crippen LogP) is 2.31. The third kappa shape index (κ3) is 1.97. The molecule has 2 rings (SSSR count). The first kappa shape index (κ1) is 9.29. The highest BCUT2D eigenvalue weighted by molar-refractivity contribution is 5.64. The summed E-state index contributed by atoms with van der Waals surface area (Å²) in [6.07, 6.45) is 6.99. The van der Waals surface area contributed by atoms with E-state index in [2.05, 4.69) is 10.9 Å². The van der Waals surface area contributed by atoms with Gasteiger partial charge in [0.2, 0.25) is 0 Å². The fraction of sp³-hybridized carbons (Fsp3) is 0. The Labute approximate surface area is 88.8 Å². The molecule has 1 aromatic carbocycles. The Balaban J connectivity index is 2.38. The molecule has 0 amide bonds. The van der Waals surface area contributed by atoms with E-state index in [0.717, 1.165) is 16.8 Å². The van der Waals surface area contributed by atoms with Gasteiger partial charge in [-0.1, -0.05) is 24.1 Å². The molecule has 15 heavy (non-hydrogen) atoms. The van der Waals surface area contributed by atoms with Crippen LogP contribution in [0.25, 0.3) is 11.1 Å². The minimum atomic E-state index is 0.647. The van der Waals surface area contributed by atoms with Gasteiger partial charge in [0, 0.05) is 17.4 Å². The van der Waals surface area contributed by atoms with Crippen LogP contribution in [-0.2, 0) is 0 Å². The Morgan fingerprint density at radius 1 is 1.00 bits per heavy atom. The fourth-order valence-electron chi connectivity index (χ4n) is 1.33. The number of nitrogens with two attached hydrogens (primary N) is 1. The SMILES string of the molecule is C#Cc1ccc(-c2ccc(N)cc2)cn1. The van der Waals surface area contributed by atoms with Crippen LogP contribution in [0.1, 0.15) is 5.69 Å². The lowest BCUT2D eigenvalue weighted by Gasteiger charge is -2.01. The summed E-state index contributed by atoms with van der Waals surface area (Å²) < 4.78 is 0. The third-order valence-corrected chi connectivity index (χ3v) is 2.16. The average Bonchev–Trinajstić information content (AvgIpc) is 2.30. The summed E-state index contributed by atoms with van der Waals surface area (Å²) in [5.74, 6) is 2.48. The standard InChI is InChI=1S/C13H10N2/c1-2-13-8-5-11(9-15-13)10-3-6-12(14)7-4-10/h1,3-9H,14H2. The summed E-state index contributed by atoms with van der Waals surface area (Å²) in [6, 6.07) is 11.4. The number of hydrogen-bond donors (Lipinski definition) is 1. The van der Waals surface area contributed by atoms with Crippen LogP contribution in [0.4, 0.5) is 5.69 Å². The predicted molar refractivity (Wildman–Crippen MR) is 62.0 cm³/mol. The van der Waals surface area contributed by atoms with E-state index >= 15 is 0 Å². The van der Waals surface area contributed by atoms with Gasteiger partial charge < -0.3 is 5.73 Å². The zero-order valence-electron chi connectivity index (χ0n) is 8.14. The summed E-state index contributed by atoms with van der Waals surface area (Å²) in [6.45, 7) is 0. The normalized spacial score (nSPS) is 9.53. The van der Waals surface area contributed by atoms with Crippen molar-refractivity contribution in [3.8, 4) is 23.5 Å². The lowest BCUT2D eigenvalue weighted by molar-refractivity contribution is 1.29. The first-order valence-corrected chi connectivity index (χ1v) is 4.58. The second-order valence-corrected chi connectivity index (χ2v) is 3.20. The number of nitrogens with zero attached hydrogens (tertiary/aromatic N) is 1. The van der Waals surface area contributed by atoms with E-state index in [9.17, 15) is 0 Å². The molecule has 0 saturated carbocycles. The summed E-state index contributed by atoms with van der Waals surface area (Å²) >= 11 is 0. The van der Waals surface area contributed by atoms with E-state index in [1.54, 1.807) is 6.20 Å². The van der Waals surface area contributed by atoms with Crippen LogP contribution in [0.5, 0.6) is 0 Å². The van der Waals surface area contributed by atoms with Crippen LogP contribution < -0.4 is 5.73 Å². The third-order valence-electron chi connectivity index (χ3n) is 2.16. The number of nitrogen functional groups attached to an aromatic ring is 1. The molecule has 0 fully saturated rings. The summed E-state index contributed by atoms with van der Waals surface area (Å²) in [4.78, 5) is 4.13. The Morgan fingerprint density at radius 2 is 1.67 bits per heavy atom. The molecule has 0 aliphatic heterocycles. The molecule has 2 nitrogen and oxygen atoms in total. The van der Waals surface area contributed by atoms with Crippen LogP contribution in [0, 0.1) is 12.3 Å². The van der Waals surface area contributed by atoms with Gasteiger partial charge in [-0.15, -0.1) is 6.42 Å². The second kappa shape index (κ2) is 3.85. The number of anilines is 1. The Hall–Kier alpha value is -2.27. The summed E-state index contributed by atoms with van der Waals surface area (Å²) in [5, 5.41) is 0. The largest absolute Gasteiger partial charge is 0.399 e. The van der Waals surface area contributed by atoms with E-state index in [1.165, 1.54) is 0 Å². The van der Waals surface area contributed by atoms with Gasteiger partial charge >= 0.3 is 0 Å². The number of rotatable bonds is 1. The molecule has 0 unspecified atom stereocenters. The van der Waals surface area contributed by atoms with Crippen molar-refractivity contribution >= 4 is 5.69 Å². The van der Waals surface area contributed by atoms with E-state index in [4.69, 9.17) is 12.2 Å². The van der Waals surface area contributed by atoms with Gasteiger partial charge in [0.05, 0.1) is 0 Å². The van der Waals surface area contributed by atoms with Crippen LogP contribution >= 0.6 is 0 Å². The highest BCUT2D eigenvalue weighted by Gasteiger charge is 1.97. The van der Waals surface area contributed by atoms with Crippen molar-refractivity contribution in [3.05, 3.63) is 48.3 Å². The van der Waals surface area contributed by atoms with Gasteiger partial charge in [-0.3, -0.25) is 0 Å². The average molecular weight is 194 g/mol. The van der Waals surface area contributed by atoms with Gasteiger partial charge in [-0.05, 0) is 23.8 Å². The zero-order chi connectivity index (χ0) is 10.7. The van der Waals surface area contributed by atoms with Gasteiger partial charge in [-0.25, -0.2) is 4.98 Å². The van der Waals surface area contributed by atoms with Crippen molar-refractivity contribution < 1.29 is 0 Å². The van der Waals surface area contributed by atoms with Crippen LogP contribution in [0.3, 0.4) is 0 Å².